The second-order valence-corrected chi connectivity index (χ2v) is 3.42. The van der Waals surface area contributed by atoms with Crippen LogP contribution in [0.25, 0.3) is 0 Å². The molecular formula is C6H12N2S. The molecule has 0 aromatic heterocycles. The molecule has 1 rings (SSSR count). The molecule has 52 valence electrons. The Hall–Kier alpha value is -0.310. The van der Waals surface area contributed by atoms with E-state index in [9.17, 15) is 0 Å². The number of hydrogen-bond acceptors (Lipinski definition) is 1. The van der Waals surface area contributed by atoms with Crippen LogP contribution in [0.3, 0.4) is 0 Å². The molecule has 0 aromatic rings. The SMILES string of the molecule is CC1(C)CCNC(=S)N1. The highest BCUT2D eigenvalue weighted by Crippen LogP contribution is 2.09. The average molecular weight is 144 g/mol. The first kappa shape index (κ1) is 6.81. The van der Waals surface area contributed by atoms with Gasteiger partial charge in [-0.25, -0.2) is 0 Å². The summed E-state index contributed by atoms with van der Waals surface area (Å²) in [6.07, 6.45) is 1.13. The zero-order valence-electron chi connectivity index (χ0n) is 5.82. The van der Waals surface area contributed by atoms with Gasteiger partial charge in [0.05, 0.1) is 0 Å². The van der Waals surface area contributed by atoms with Gasteiger partial charge >= 0.3 is 0 Å². The molecule has 2 nitrogen and oxygen atoms in total. The summed E-state index contributed by atoms with van der Waals surface area (Å²) in [5.41, 5.74) is 0.197. The van der Waals surface area contributed by atoms with Gasteiger partial charge in [0.25, 0.3) is 0 Å². The van der Waals surface area contributed by atoms with Gasteiger partial charge in [-0.15, -0.1) is 0 Å². The number of hydrogen-bond donors (Lipinski definition) is 2. The Bertz CT molecular complexity index is 131. The minimum Gasteiger partial charge on any atom is -0.363 e. The highest BCUT2D eigenvalue weighted by molar-refractivity contribution is 7.80. The lowest BCUT2D eigenvalue weighted by Gasteiger charge is -2.32. The Labute approximate surface area is 61.0 Å². The van der Waals surface area contributed by atoms with Crippen LogP contribution in [0.4, 0.5) is 0 Å². The van der Waals surface area contributed by atoms with Crippen LogP contribution in [-0.2, 0) is 0 Å². The van der Waals surface area contributed by atoms with E-state index >= 15 is 0 Å². The molecule has 1 fully saturated rings. The standard InChI is InChI=1S/C6H12N2S/c1-6(2)3-4-7-5(9)8-6/h3-4H2,1-2H3,(H2,7,8,9). The maximum atomic E-state index is 4.93. The zero-order chi connectivity index (χ0) is 6.91. The van der Waals surface area contributed by atoms with Crippen LogP contribution in [0, 0.1) is 0 Å². The Kier molecular flexibility index (Phi) is 1.62. The molecule has 0 aromatic carbocycles. The fourth-order valence-electron chi connectivity index (χ4n) is 0.903. The van der Waals surface area contributed by atoms with E-state index < -0.39 is 0 Å². The number of thiocarbonyl (C=S) groups is 1. The summed E-state index contributed by atoms with van der Waals surface area (Å²) < 4.78 is 0. The molecule has 0 spiro atoms. The zero-order valence-corrected chi connectivity index (χ0v) is 6.64. The predicted octanol–water partition coefficient (Wildman–Crippen LogP) is 0.633. The molecule has 0 unspecified atom stereocenters. The van der Waals surface area contributed by atoms with Crippen molar-refractivity contribution in [1.29, 1.82) is 0 Å². The largest absolute Gasteiger partial charge is 0.363 e. The maximum Gasteiger partial charge on any atom is 0.166 e. The van der Waals surface area contributed by atoms with Gasteiger partial charge in [0.15, 0.2) is 5.11 Å². The Morgan fingerprint density at radius 2 is 2.22 bits per heavy atom. The van der Waals surface area contributed by atoms with Crippen molar-refractivity contribution in [3.05, 3.63) is 0 Å². The third kappa shape index (κ3) is 1.82. The molecule has 0 saturated carbocycles. The van der Waals surface area contributed by atoms with Gasteiger partial charge in [-0.3, -0.25) is 0 Å². The molecule has 1 aliphatic heterocycles. The van der Waals surface area contributed by atoms with Crippen LogP contribution in [0.1, 0.15) is 20.3 Å². The van der Waals surface area contributed by atoms with E-state index in [4.69, 9.17) is 12.2 Å². The van der Waals surface area contributed by atoms with E-state index in [1.165, 1.54) is 0 Å². The van der Waals surface area contributed by atoms with Gasteiger partial charge in [0.2, 0.25) is 0 Å². The second kappa shape index (κ2) is 2.14. The van der Waals surface area contributed by atoms with Crippen molar-refractivity contribution in [2.24, 2.45) is 0 Å². The first-order chi connectivity index (χ1) is 4.10. The topological polar surface area (TPSA) is 24.1 Å². The molecule has 0 amide bonds. The van der Waals surface area contributed by atoms with Crippen molar-refractivity contribution in [3.63, 3.8) is 0 Å². The van der Waals surface area contributed by atoms with Crippen molar-refractivity contribution in [2.45, 2.75) is 25.8 Å². The summed E-state index contributed by atoms with van der Waals surface area (Å²) in [5.74, 6) is 0. The lowest BCUT2D eigenvalue weighted by Crippen LogP contribution is -2.54. The van der Waals surface area contributed by atoms with E-state index in [0.29, 0.717) is 0 Å². The van der Waals surface area contributed by atoms with Gasteiger partial charge in [-0.2, -0.15) is 0 Å². The fourth-order valence-corrected chi connectivity index (χ4v) is 1.28. The summed E-state index contributed by atoms with van der Waals surface area (Å²) >= 11 is 4.93. The first-order valence-corrected chi connectivity index (χ1v) is 3.57. The molecule has 3 heteroatoms. The number of nitrogens with one attached hydrogen (secondary N) is 2. The molecule has 0 atom stereocenters. The van der Waals surface area contributed by atoms with Crippen molar-refractivity contribution in [2.75, 3.05) is 6.54 Å². The fraction of sp³-hybridized carbons (Fsp3) is 0.833. The van der Waals surface area contributed by atoms with Gasteiger partial charge < -0.3 is 10.6 Å². The van der Waals surface area contributed by atoms with Gasteiger partial charge in [0, 0.05) is 12.1 Å². The monoisotopic (exact) mass is 144 g/mol. The van der Waals surface area contributed by atoms with E-state index in [2.05, 4.69) is 24.5 Å². The third-order valence-corrected chi connectivity index (χ3v) is 1.73. The van der Waals surface area contributed by atoms with E-state index in [1.807, 2.05) is 0 Å². The van der Waals surface area contributed by atoms with Crippen LogP contribution in [-0.4, -0.2) is 17.2 Å². The minimum absolute atomic E-state index is 0.197. The lowest BCUT2D eigenvalue weighted by molar-refractivity contribution is 0.395. The van der Waals surface area contributed by atoms with Gasteiger partial charge in [-0.05, 0) is 32.5 Å². The number of rotatable bonds is 0. The van der Waals surface area contributed by atoms with Crippen LogP contribution >= 0.6 is 12.2 Å². The van der Waals surface area contributed by atoms with Crippen molar-refractivity contribution >= 4 is 17.3 Å². The summed E-state index contributed by atoms with van der Waals surface area (Å²) in [6, 6.07) is 0. The average Bonchev–Trinajstić information content (AvgIpc) is 1.60. The Morgan fingerprint density at radius 1 is 1.56 bits per heavy atom. The van der Waals surface area contributed by atoms with Gasteiger partial charge in [-0.1, -0.05) is 0 Å². The molecule has 0 aliphatic carbocycles. The van der Waals surface area contributed by atoms with Crippen molar-refractivity contribution in [3.8, 4) is 0 Å². The molecular weight excluding hydrogens is 132 g/mol. The molecule has 9 heavy (non-hydrogen) atoms. The summed E-state index contributed by atoms with van der Waals surface area (Å²) in [4.78, 5) is 0. The molecule has 0 radical (unpaired) electrons. The third-order valence-electron chi connectivity index (χ3n) is 1.49. The Balaban J connectivity index is 2.51. The van der Waals surface area contributed by atoms with Crippen molar-refractivity contribution in [1.82, 2.24) is 10.6 Å². The quantitative estimate of drug-likeness (QED) is 0.488. The molecule has 1 saturated heterocycles. The maximum absolute atomic E-state index is 4.93. The summed E-state index contributed by atoms with van der Waals surface area (Å²) in [7, 11) is 0. The van der Waals surface area contributed by atoms with Gasteiger partial charge in [0.1, 0.15) is 0 Å². The van der Waals surface area contributed by atoms with E-state index in [0.717, 1.165) is 18.1 Å². The highest BCUT2D eigenvalue weighted by Gasteiger charge is 2.21. The van der Waals surface area contributed by atoms with Crippen LogP contribution < -0.4 is 10.6 Å². The smallest absolute Gasteiger partial charge is 0.166 e. The highest BCUT2D eigenvalue weighted by atomic mass is 32.1. The molecule has 0 bridgehead atoms. The van der Waals surface area contributed by atoms with E-state index in [-0.39, 0.29) is 5.54 Å². The normalized spacial score (nSPS) is 24.4. The lowest BCUT2D eigenvalue weighted by atomic mass is 10.00. The summed E-state index contributed by atoms with van der Waals surface area (Å²) in [6.45, 7) is 5.30. The Morgan fingerprint density at radius 3 is 2.56 bits per heavy atom. The summed E-state index contributed by atoms with van der Waals surface area (Å²) in [5, 5.41) is 7.02. The minimum atomic E-state index is 0.197. The first-order valence-electron chi connectivity index (χ1n) is 3.16. The van der Waals surface area contributed by atoms with Crippen LogP contribution in [0.15, 0.2) is 0 Å². The molecule has 1 aliphatic rings. The predicted molar refractivity (Wildman–Crippen MR) is 42.4 cm³/mol. The molecule has 2 N–H and O–H groups in total. The molecule has 1 heterocycles. The van der Waals surface area contributed by atoms with Crippen LogP contribution in [0.2, 0.25) is 0 Å². The van der Waals surface area contributed by atoms with Crippen LogP contribution in [0.5, 0.6) is 0 Å². The van der Waals surface area contributed by atoms with Crippen molar-refractivity contribution < 1.29 is 0 Å². The van der Waals surface area contributed by atoms with E-state index in [1.54, 1.807) is 0 Å². The second-order valence-electron chi connectivity index (χ2n) is 3.01.